The maximum absolute atomic E-state index is 12.7. The van der Waals surface area contributed by atoms with Crippen LogP contribution in [-0.2, 0) is 21.1 Å². The SMILES string of the molecule is Cc1ccc(-c2nc(C)sc2CC(=O)N(C)C2CCS(=O)(=O)C2)cc1. The van der Waals surface area contributed by atoms with E-state index in [1.807, 2.05) is 38.1 Å². The molecule has 1 saturated heterocycles. The molecule has 0 saturated carbocycles. The van der Waals surface area contributed by atoms with E-state index >= 15 is 0 Å². The molecule has 3 rings (SSSR count). The second-order valence-corrected chi connectivity index (χ2v) is 10.1. The van der Waals surface area contributed by atoms with Crippen molar-refractivity contribution in [2.24, 2.45) is 0 Å². The first-order valence-corrected chi connectivity index (χ1v) is 10.9. The van der Waals surface area contributed by atoms with Crippen LogP contribution in [0.25, 0.3) is 11.3 Å². The molecule has 1 aromatic carbocycles. The lowest BCUT2D eigenvalue weighted by atomic mass is 10.1. The third-order valence-electron chi connectivity index (χ3n) is 4.59. The molecular weight excluding hydrogens is 356 g/mol. The van der Waals surface area contributed by atoms with Gasteiger partial charge in [-0.3, -0.25) is 4.79 Å². The molecule has 1 fully saturated rings. The van der Waals surface area contributed by atoms with Crippen molar-refractivity contribution >= 4 is 27.1 Å². The Morgan fingerprint density at radius 3 is 2.56 bits per heavy atom. The number of hydrogen-bond acceptors (Lipinski definition) is 5. The number of sulfone groups is 1. The molecule has 2 heterocycles. The average Bonchev–Trinajstić information content (AvgIpc) is 3.09. The molecule has 7 heteroatoms. The maximum atomic E-state index is 12.7. The highest BCUT2D eigenvalue weighted by Crippen LogP contribution is 2.29. The number of hydrogen-bond donors (Lipinski definition) is 0. The summed E-state index contributed by atoms with van der Waals surface area (Å²) in [5.41, 5.74) is 3.03. The zero-order chi connectivity index (χ0) is 18.2. The Morgan fingerprint density at radius 1 is 1.28 bits per heavy atom. The van der Waals surface area contributed by atoms with Crippen molar-refractivity contribution in [1.82, 2.24) is 9.88 Å². The van der Waals surface area contributed by atoms with Crippen LogP contribution in [0, 0.1) is 13.8 Å². The van der Waals surface area contributed by atoms with Gasteiger partial charge < -0.3 is 4.90 Å². The van der Waals surface area contributed by atoms with Gasteiger partial charge in [0.25, 0.3) is 0 Å². The summed E-state index contributed by atoms with van der Waals surface area (Å²) in [4.78, 5) is 19.8. The van der Waals surface area contributed by atoms with E-state index in [-0.39, 0.29) is 29.9 Å². The lowest BCUT2D eigenvalue weighted by Gasteiger charge is -2.23. The molecule has 25 heavy (non-hydrogen) atoms. The van der Waals surface area contributed by atoms with Crippen molar-refractivity contribution in [2.45, 2.75) is 32.7 Å². The lowest BCUT2D eigenvalue weighted by molar-refractivity contribution is -0.130. The van der Waals surface area contributed by atoms with E-state index in [1.54, 1.807) is 11.9 Å². The summed E-state index contributed by atoms with van der Waals surface area (Å²) in [5, 5.41) is 0.921. The van der Waals surface area contributed by atoms with E-state index < -0.39 is 9.84 Å². The predicted molar refractivity (Wildman–Crippen MR) is 101 cm³/mol. The van der Waals surface area contributed by atoms with Gasteiger partial charge in [0.15, 0.2) is 9.84 Å². The van der Waals surface area contributed by atoms with Crippen molar-refractivity contribution in [2.75, 3.05) is 18.6 Å². The third kappa shape index (κ3) is 4.10. The van der Waals surface area contributed by atoms with E-state index in [0.717, 1.165) is 21.1 Å². The van der Waals surface area contributed by atoms with Gasteiger partial charge in [-0.1, -0.05) is 29.8 Å². The Bertz CT molecular complexity index is 886. The molecule has 0 N–H and O–H groups in total. The van der Waals surface area contributed by atoms with Gasteiger partial charge in [0.1, 0.15) is 0 Å². The van der Waals surface area contributed by atoms with E-state index in [1.165, 1.54) is 16.9 Å². The van der Waals surface area contributed by atoms with Crippen LogP contribution in [0.2, 0.25) is 0 Å². The third-order valence-corrected chi connectivity index (χ3v) is 7.31. The first kappa shape index (κ1) is 18.1. The first-order valence-electron chi connectivity index (χ1n) is 8.24. The first-order chi connectivity index (χ1) is 11.7. The average molecular weight is 379 g/mol. The fraction of sp³-hybridized carbons (Fsp3) is 0.444. The largest absolute Gasteiger partial charge is 0.341 e. The van der Waals surface area contributed by atoms with Crippen LogP contribution in [0.1, 0.15) is 21.9 Å². The minimum Gasteiger partial charge on any atom is -0.341 e. The van der Waals surface area contributed by atoms with Crippen LogP contribution in [0.5, 0.6) is 0 Å². The van der Waals surface area contributed by atoms with Gasteiger partial charge >= 0.3 is 0 Å². The number of benzene rings is 1. The van der Waals surface area contributed by atoms with Gasteiger partial charge in [-0.2, -0.15) is 0 Å². The molecular formula is C18H22N2O3S2. The van der Waals surface area contributed by atoms with Crippen LogP contribution in [0.4, 0.5) is 0 Å². The number of amides is 1. The Kier molecular flexibility index (Phi) is 4.97. The fourth-order valence-electron chi connectivity index (χ4n) is 3.07. The topological polar surface area (TPSA) is 67.3 Å². The molecule has 1 aromatic heterocycles. The van der Waals surface area contributed by atoms with Gasteiger partial charge in [0, 0.05) is 23.5 Å². The molecule has 0 bridgehead atoms. The molecule has 1 unspecified atom stereocenters. The van der Waals surface area contributed by atoms with Crippen molar-refractivity contribution in [3.63, 3.8) is 0 Å². The zero-order valence-electron chi connectivity index (χ0n) is 14.7. The van der Waals surface area contributed by atoms with Gasteiger partial charge in [0.2, 0.25) is 5.91 Å². The van der Waals surface area contributed by atoms with Crippen LogP contribution < -0.4 is 0 Å². The van der Waals surface area contributed by atoms with Crippen LogP contribution in [-0.4, -0.2) is 48.8 Å². The maximum Gasteiger partial charge on any atom is 0.227 e. The van der Waals surface area contributed by atoms with Crippen LogP contribution >= 0.6 is 11.3 Å². The summed E-state index contributed by atoms with van der Waals surface area (Å²) in [6.45, 7) is 3.97. The quantitative estimate of drug-likeness (QED) is 0.820. The Hall–Kier alpha value is -1.73. The number of rotatable bonds is 4. The van der Waals surface area contributed by atoms with Gasteiger partial charge in [-0.15, -0.1) is 11.3 Å². The molecule has 134 valence electrons. The Morgan fingerprint density at radius 2 is 1.96 bits per heavy atom. The predicted octanol–water partition coefficient (Wildman–Crippen LogP) is 2.61. The molecule has 0 aliphatic carbocycles. The van der Waals surface area contributed by atoms with Crippen LogP contribution in [0.15, 0.2) is 24.3 Å². The van der Waals surface area contributed by atoms with Crippen molar-refractivity contribution in [1.29, 1.82) is 0 Å². The summed E-state index contributed by atoms with van der Waals surface area (Å²) in [7, 11) is -1.30. The van der Waals surface area contributed by atoms with Crippen LogP contribution in [0.3, 0.4) is 0 Å². The minimum atomic E-state index is -3.00. The van der Waals surface area contributed by atoms with E-state index in [9.17, 15) is 13.2 Å². The zero-order valence-corrected chi connectivity index (χ0v) is 16.3. The van der Waals surface area contributed by atoms with Crippen molar-refractivity contribution in [3.05, 3.63) is 39.7 Å². The molecule has 5 nitrogen and oxygen atoms in total. The molecule has 1 aliphatic heterocycles. The molecule has 1 atom stereocenters. The second-order valence-electron chi connectivity index (χ2n) is 6.61. The van der Waals surface area contributed by atoms with Gasteiger partial charge in [-0.25, -0.2) is 13.4 Å². The summed E-state index contributed by atoms with van der Waals surface area (Å²) < 4.78 is 23.3. The minimum absolute atomic E-state index is 0.0564. The number of thiazole rings is 1. The number of carbonyl (C=O) groups excluding carboxylic acids is 1. The number of aryl methyl sites for hydroxylation is 2. The highest BCUT2D eigenvalue weighted by molar-refractivity contribution is 7.91. The summed E-state index contributed by atoms with van der Waals surface area (Å²) in [5.74, 6) is 0.185. The molecule has 1 amide bonds. The standard InChI is InChI=1S/C18H22N2O3S2/c1-12-4-6-14(7-5-12)18-16(24-13(2)19-18)10-17(21)20(3)15-8-9-25(22,23)11-15/h4-7,15H,8-11H2,1-3H3. The highest BCUT2D eigenvalue weighted by atomic mass is 32.2. The smallest absolute Gasteiger partial charge is 0.227 e. The van der Waals surface area contributed by atoms with Gasteiger partial charge in [-0.05, 0) is 20.3 Å². The summed E-state index contributed by atoms with van der Waals surface area (Å²) >= 11 is 1.52. The van der Waals surface area contributed by atoms with E-state index in [2.05, 4.69) is 4.98 Å². The second kappa shape index (κ2) is 6.88. The number of carbonyl (C=O) groups is 1. The lowest BCUT2D eigenvalue weighted by Crippen LogP contribution is -2.38. The Labute approximate surface area is 152 Å². The normalized spacial score (nSPS) is 19.1. The van der Waals surface area contributed by atoms with E-state index in [4.69, 9.17) is 0 Å². The van der Waals surface area contributed by atoms with E-state index in [0.29, 0.717) is 6.42 Å². The van der Waals surface area contributed by atoms with Crippen molar-refractivity contribution < 1.29 is 13.2 Å². The molecule has 0 radical (unpaired) electrons. The van der Waals surface area contributed by atoms with Crippen molar-refractivity contribution in [3.8, 4) is 11.3 Å². The fourth-order valence-corrected chi connectivity index (χ4v) is 5.80. The summed E-state index contributed by atoms with van der Waals surface area (Å²) in [6.07, 6.45) is 0.777. The number of likely N-dealkylation sites (N-methyl/N-ethyl adjacent to an activating group) is 1. The highest BCUT2D eigenvalue weighted by Gasteiger charge is 2.33. The van der Waals surface area contributed by atoms with Gasteiger partial charge in [0.05, 0.1) is 28.6 Å². The Balaban J connectivity index is 1.79. The molecule has 2 aromatic rings. The molecule has 0 spiro atoms. The number of aromatic nitrogens is 1. The monoisotopic (exact) mass is 378 g/mol. The summed E-state index contributed by atoms with van der Waals surface area (Å²) in [6, 6.07) is 7.89. The number of nitrogens with zero attached hydrogens (tertiary/aromatic N) is 2. The molecule has 1 aliphatic rings.